The van der Waals surface area contributed by atoms with E-state index in [2.05, 4.69) is 13.8 Å². The first-order valence-corrected chi connectivity index (χ1v) is 7.98. The molecule has 0 atom stereocenters. The van der Waals surface area contributed by atoms with Gasteiger partial charge >= 0.3 is 11.9 Å². The normalized spacial score (nSPS) is 9.24. The summed E-state index contributed by atoms with van der Waals surface area (Å²) in [5, 5.41) is 16.5. The fourth-order valence-electron chi connectivity index (χ4n) is 1.76. The average Bonchev–Trinajstić information content (AvgIpc) is 2.38. The van der Waals surface area contributed by atoms with Crippen molar-refractivity contribution in [3.8, 4) is 0 Å². The molecule has 2 N–H and O–H groups in total. The van der Waals surface area contributed by atoms with Crippen molar-refractivity contribution in [2.75, 3.05) is 0 Å². The first-order valence-electron chi connectivity index (χ1n) is 7.98. The van der Waals surface area contributed by atoms with E-state index in [0.717, 1.165) is 25.7 Å². The molecule has 0 heterocycles. The summed E-state index contributed by atoms with van der Waals surface area (Å²) >= 11 is 0. The molecule has 0 rings (SSSR count). The minimum absolute atomic E-state index is 0. The van der Waals surface area contributed by atoms with Crippen molar-refractivity contribution in [1.82, 2.24) is 0 Å². The Labute approximate surface area is 144 Å². The van der Waals surface area contributed by atoms with Crippen LogP contribution in [0.3, 0.4) is 0 Å². The van der Waals surface area contributed by atoms with E-state index in [1.165, 1.54) is 38.5 Å². The fourth-order valence-corrected chi connectivity index (χ4v) is 1.76. The number of hydrogen-bond acceptors (Lipinski definition) is 2. The Morgan fingerprint density at radius 2 is 0.905 bits per heavy atom. The number of rotatable bonds is 12. The summed E-state index contributed by atoms with van der Waals surface area (Å²) in [6, 6.07) is 0. The number of aliphatic carboxylic acids is 2. The SMILES string of the molecule is CCCCCCCC(=O)O.CCCCCCCC(=O)O.[Pt]. The van der Waals surface area contributed by atoms with E-state index in [-0.39, 0.29) is 21.1 Å². The average molecular weight is 484 g/mol. The van der Waals surface area contributed by atoms with E-state index in [4.69, 9.17) is 10.2 Å². The molecule has 0 aliphatic rings. The van der Waals surface area contributed by atoms with E-state index in [0.29, 0.717) is 12.8 Å². The molecular weight excluding hydrogens is 451 g/mol. The van der Waals surface area contributed by atoms with E-state index in [1.54, 1.807) is 0 Å². The molecule has 0 spiro atoms. The van der Waals surface area contributed by atoms with Gasteiger partial charge in [0.1, 0.15) is 0 Å². The van der Waals surface area contributed by atoms with Crippen LogP contribution < -0.4 is 0 Å². The minimum atomic E-state index is -0.670. The second-order valence-electron chi connectivity index (χ2n) is 5.12. The summed E-state index contributed by atoms with van der Waals surface area (Å²) in [5.74, 6) is -1.34. The standard InChI is InChI=1S/2C8H16O2.Pt/c2*1-2-3-4-5-6-7-8(9)10;/h2*2-7H2,1H3,(H,9,10);. The number of carboxylic acids is 2. The van der Waals surface area contributed by atoms with Gasteiger partial charge in [0, 0.05) is 33.9 Å². The molecule has 0 amide bonds. The maximum absolute atomic E-state index is 10.0. The molecule has 0 aliphatic carbocycles. The van der Waals surface area contributed by atoms with E-state index < -0.39 is 11.9 Å². The van der Waals surface area contributed by atoms with Gasteiger partial charge < -0.3 is 10.2 Å². The predicted octanol–water partition coefficient (Wildman–Crippen LogP) is 4.86. The van der Waals surface area contributed by atoms with Crippen molar-refractivity contribution in [1.29, 1.82) is 0 Å². The number of unbranched alkanes of at least 4 members (excludes halogenated alkanes) is 8. The van der Waals surface area contributed by atoms with Crippen molar-refractivity contribution >= 4 is 11.9 Å². The Hall–Kier alpha value is -0.372. The maximum atomic E-state index is 10.0. The molecule has 0 unspecified atom stereocenters. The van der Waals surface area contributed by atoms with Crippen LogP contribution in [-0.2, 0) is 30.7 Å². The van der Waals surface area contributed by atoms with Crippen LogP contribution in [0.2, 0.25) is 0 Å². The molecular formula is C16H32O4Pt. The molecule has 0 aromatic rings. The van der Waals surface area contributed by atoms with Gasteiger partial charge in [-0.1, -0.05) is 65.2 Å². The molecule has 0 radical (unpaired) electrons. The third-order valence-corrected chi connectivity index (χ3v) is 2.99. The molecule has 130 valence electrons. The molecule has 0 aliphatic heterocycles. The molecule has 0 aromatic heterocycles. The summed E-state index contributed by atoms with van der Waals surface area (Å²) in [6.07, 6.45) is 11.8. The zero-order chi connectivity index (χ0) is 15.6. The van der Waals surface area contributed by atoms with Crippen LogP contribution in [0.15, 0.2) is 0 Å². The molecule has 0 saturated heterocycles. The van der Waals surface area contributed by atoms with Gasteiger partial charge in [-0.25, -0.2) is 0 Å². The fraction of sp³-hybridized carbons (Fsp3) is 0.875. The van der Waals surface area contributed by atoms with Crippen LogP contribution in [0.4, 0.5) is 0 Å². The smallest absolute Gasteiger partial charge is 0.303 e. The second-order valence-corrected chi connectivity index (χ2v) is 5.12. The Balaban J connectivity index is -0.000000295. The Morgan fingerprint density at radius 1 is 0.619 bits per heavy atom. The topological polar surface area (TPSA) is 74.6 Å². The Kier molecular flexibility index (Phi) is 26.7. The molecule has 0 saturated carbocycles. The van der Waals surface area contributed by atoms with Crippen LogP contribution in [0.1, 0.15) is 90.9 Å². The molecule has 0 aromatic carbocycles. The van der Waals surface area contributed by atoms with Gasteiger partial charge in [0.25, 0.3) is 0 Å². The van der Waals surface area contributed by atoms with E-state index >= 15 is 0 Å². The zero-order valence-corrected chi connectivity index (χ0v) is 15.8. The van der Waals surface area contributed by atoms with Gasteiger partial charge in [0.2, 0.25) is 0 Å². The first kappa shape index (κ1) is 25.6. The van der Waals surface area contributed by atoms with Crippen LogP contribution in [0.25, 0.3) is 0 Å². The van der Waals surface area contributed by atoms with Crippen molar-refractivity contribution in [3.63, 3.8) is 0 Å². The van der Waals surface area contributed by atoms with Crippen LogP contribution >= 0.6 is 0 Å². The Morgan fingerprint density at radius 3 is 1.14 bits per heavy atom. The van der Waals surface area contributed by atoms with Crippen LogP contribution in [0, 0.1) is 0 Å². The number of carbonyl (C=O) groups is 2. The molecule has 0 fully saturated rings. The van der Waals surface area contributed by atoms with Gasteiger partial charge in [-0.2, -0.15) is 0 Å². The van der Waals surface area contributed by atoms with Gasteiger partial charge in [0.05, 0.1) is 0 Å². The molecule has 5 heteroatoms. The summed E-state index contributed by atoms with van der Waals surface area (Å²) in [4.78, 5) is 20.1. The third-order valence-electron chi connectivity index (χ3n) is 2.99. The summed E-state index contributed by atoms with van der Waals surface area (Å²) in [6.45, 7) is 4.30. The molecule has 21 heavy (non-hydrogen) atoms. The van der Waals surface area contributed by atoms with Gasteiger partial charge in [-0.15, -0.1) is 0 Å². The van der Waals surface area contributed by atoms with Gasteiger partial charge in [0.15, 0.2) is 0 Å². The summed E-state index contributed by atoms with van der Waals surface area (Å²) in [5.41, 5.74) is 0. The molecule has 0 bridgehead atoms. The van der Waals surface area contributed by atoms with Gasteiger partial charge in [-0.05, 0) is 12.8 Å². The van der Waals surface area contributed by atoms with Crippen molar-refractivity contribution in [2.45, 2.75) is 90.9 Å². The first-order chi connectivity index (χ1) is 9.54. The third kappa shape index (κ3) is 32.8. The quantitative estimate of drug-likeness (QED) is 0.389. The zero-order valence-electron chi connectivity index (χ0n) is 13.5. The van der Waals surface area contributed by atoms with Crippen LogP contribution in [0.5, 0.6) is 0 Å². The van der Waals surface area contributed by atoms with Crippen molar-refractivity contribution in [2.24, 2.45) is 0 Å². The maximum Gasteiger partial charge on any atom is 0.303 e. The largest absolute Gasteiger partial charge is 0.481 e. The summed E-state index contributed by atoms with van der Waals surface area (Å²) in [7, 11) is 0. The van der Waals surface area contributed by atoms with E-state index in [9.17, 15) is 9.59 Å². The summed E-state index contributed by atoms with van der Waals surface area (Å²) < 4.78 is 0. The monoisotopic (exact) mass is 483 g/mol. The minimum Gasteiger partial charge on any atom is -0.481 e. The number of carboxylic acid groups (broad SMARTS) is 2. The Bertz CT molecular complexity index is 208. The van der Waals surface area contributed by atoms with E-state index in [1.807, 2.05) is 0 Å². The van der Waals surface area contributed by atoms with Crippen molar-refractivity contribution in [3.05, 3.63) is 0 Å². The van der Waals surface area contributed by atoms with Crippen molar-refractivity contribution < 1.29 is 40.9 Å². The molecule has 4 nitrogen and oxygen atoms in total. The van der Waals surface area contributed by atoms with Gasteiger partial charge in [-0.3, -0.25) is 9.59 Å². The number of hydrogen-bond donors (Lipinski definition) is 2. The van der Waals surface area contributed by atoms with Crippen LogP contribution in [-0.4, -0.2) is 22.2 Å². The second kappa shape index (κ2) is 21.9. The predicted molar refractivity (Wildman–Crippen MR) is 82.0 cm³/mol.